The number of imidazole rings is 1. The van der Waals surface area contributed by atoms with Gasteiger partial charge in [0, 0.05) is 25.3 Å². The van der Waals surface area contributed by atoms with E-state index in [2.05, 4.69) is 20.3 Å². The van der Waals surface area contributed by atoms with Gasteiger partial charge in [-0.15, -0.1) is 0 Å². The summed E-state index contributed by atoms with van der Waals surface area (Å²) in [5.41, 5.74) is 2.02. The molecule has 3 aromatic rings. The third-order valence-electron chi connectivity index (χ3n) is 5.34. The number of rotatable bonds is 7. The summed E-state index contributed by atoms with van der Waals surface area (Å²) in [6.07, 6.45) is 5.97. The number of halogens is 1. The number of amides is 2. The maximum absolute atomic E-state index is 13.6. The number of methoxy groups -OCH3 is 1. The number of hydrogen-bond acceptors (Lipinski definition) is 5. The number of piperidine rings is 1. The molecule has 1 fully saturated rings. The summed E-state index contributed by atoms with van der Waals surface area (Å²) in [7, 11) is 1.61. The maximum Gasteiger partial charge on any atom is 0.322 e. The Balaban J connectivity index is 1.44. The summed E-state index contributed by atoms with van der Waals surface area (Å²) >= 11 is 0. The first-order valence-electron chi connectivity index (χ1n) is 10.6. The molecule has 1 aliphatic rings. The molecule has 1 aliphatic heterocycles. The largest absolute Gasteiger partial charge is 0.475 e. The summed E-state index contributed by atoms with van der Waals surface area (Å²) in [4.78, 5) is 26.8. The van der Waals surface area contributed by atoms with Gasteiger partial charge in [0.2, 0.25) is 5.88 Å². The van der Waals surface area contributed by atoms with E-state index in [0.717, 1.165) is 30.5 Å². The van der Waals surface area contributed by atoms with Crippen LogP contribution < -0.4 is 10.1 Å². The van der Waals surface area contributed by atoms with Crippen LogP contribution in [0.3, 0.4) is 0 Å². The molecule has 3 heterocycles. The van der Waals surface area contributed by atoms with Crippen LogP contribution in [0.15, 0.2) is 48.8 Å². The lowest BCUT2D eigenvalue weighted by molar-refractivity contribution is 0.144. The smallest absolute Gasteiger partial charge is 0.322 e. The van der Waals surface area contributed by atoms with Crippen LogP contribution in [0.4, 0.5) is 14.9 Å². The van der Waals surface area contributed by atoms with E-state index in [4.69, 9.17) is 9.47 Å². The number of pyridine rings is 1. The van der Waals surface area contributed by atoms with Crippen LogP contribution >= 0.6 is 0 Å². The Hall–Kier alpha value is -3.46. The molecular formula is C23H26FN5O3. The Morgan fingerprint density at radius 2 is 2.12 bits per heavy atom. The molecule has 8 nitrogen and oxygen atoms in total. The first kappa shape index (κ1) is 21.8. The number of urea groups is 1. The minimum absolute atomic E-state index is 0.185. The fourth-order valence-corrected chi connectivity index (χ4v) is 3.73. The van der Waals surface area contributed by atoms with Gasteiger partial charge in [0.1, 0.15) is 18.2 Å². The highest BCUT2D eigenvalue weighted by Crippen LogP contribution is 2.31. The summed E-state index contributed by atoms with van der Waals surface area (Å²) in [5, 5.41) is 2.90. The van der Waals surface area contributed by atoms with E-state index < -0.39 is 0 Å². The normalized spacial score (nSPS) is 16.1. The standard InChI is InChI=1S/C23H26FN5O3/c1-31-11-12-32-21-9-8-18(14-25-21)27-23(30)29-10-3-2-7-20(29)22-26-15-19(28-22)16-5-4-6-17(24)13-16/h4-6,8-9,13-15,20H,2-3,7,10-12H2,1H3,(H,26,28)(H,27,30). The van der Waals surface area contributed by atoms with Crippen molar-refractivity contribution in [3.63, 3.8) is 0 Å². The van der Waals surface area contributed by atoms with Gasteiger partial charge in [-0.3, -0.25) is 0 Å². The zero-order chi connectivity index (χ0) is 22.3. The van der Waals surface area contributed by atoms with Gasteiger partial charge in [-0.1, -0.05) is 12.1 Å². The van der Waals surface area contributed by atoms with Gasteiger partial charge in [-0.05, 0) is 37.5 Å². The number of aromatic amines is 1. The second kappa shape index (κ2) is 10.2. The highest BCUT2D eigenvalue weighted by Gasteiger charge is 2.30. The second-order valence-corrected chi connectivity index (χ2v) is 7.55. The summed E-state index contributed by atoms with van der Waals surface area (Å²) in [6, 6.07) is 9.40. The Kier molecular flexibility index (Phi) is 6.96. The number of H-pyrrole nitrogens is 1. The number of anilines is 1. The topological polar surface area (TPSA) is 92.4 Å². The highest BCUT2D eigenvalue weighted by atomic mass is 19.1. The van der Waals surface area contributed by atoms with Gasteiger partial charge < -0.3 is 24.7 Å². The van der Waals surface area contributed by atoms with Crippen molar-refractivity contribution in [3.05, 3.63) is 60.4 Å². The monoisotopic (exact) mass is 439 g/mol. The lowest BCUT2D eigenvalue weighted by Crippen LogP contribution is -2.41. The van der Waals surface area contributed by atoms with Gasteiger partial charge in [0.25, 0.3) is 0 Å². The number of nitrogens with one attached hydrogen (secondary N) is 2. The van der Waals surface area contributed by atoms with Gasteiger partial charge in [0.15, 0.2) is 0 Å². The molecule has 1 aromatic carbocycles. The molecule has 2 aromatic heterocycles. The summed E-state index contributed by atoms with van der Waals surface area (Å²) in [5.74, 6) is 0.858. The van der Waals surface area contributed by atoms with E-state index in [-0.39, 0.29) is 17.9 Å². The first-order chi connectivity index (χ1) is 15.6. The molecule has 0 spiro atoms. The third-order valence-corrected chi connectivity index (χ3v) is 5.34. The molecule has 1 atom stereocenters. The van der Waals surface area contributed by atoms with E-state index in [9.17, 15) is 9.18 Å². The van der Waals surface area contributed by atoms with E-state index in [0.29, 0.717) is 37.2 Å². The minimum Gasteiger partial charge on any atom is -0.475 e. The van der Waals surface area contributed by atoms with Crippen LogP contribution in [-0.4, -0.2) is 52.8 Å². The minimum atomic E-state index is -0.305. The molecule has 32 heavy (non-hydrogen) atoms. The van der Waals surface area contributed by atoms with E-state index in [1.807, 2.05) is 6.07 Å². The fraction of sp³-hybridized carbons (Fsp3) is 0.348. The summed E-state index contributed by atoms with van der Waals surface area (Å²) in [6.45, 7) is 1.51. The first-order valence-corrected chi connectivity index (χ1v) is 10.6. The molecular weight excluding hydrogens is 413 g/mol. The lowest BCUT2D eigenvalue weighted by atomic mass is 10.0. The van der Waals surface area contributed by atoms with Crippen molar-refractivity contribution < 1.29 is 18.7 Å². The number of aromatic nitrogens is 3. The average Bonchev–Trinajstić information content (AvgIpc) is 3.31. The van der Waals surface area contributed by atoms with Crippen molar-refractivity contribution in [2.45, 2.75) is 25.3 Å². The zero-order valence-corrected chi connectivity index (χ0v) is 17.9. The Morgan fingerprint density at radius 1 is 1.22 bits per heavy atom. The predicted molar refractivity (Wildman–Crippen MR) is 118 cm³/mol. The van der Waals surface area contributed by atoms with E-state index in [1.165, 1.54) is 12.1 Å². The SMILES string of the molecule is COCCOc1ccc(NC(=O)N2CCCCC2c2ncc(-c3cccc(F)c3)[nH]2)cn1. The van der Waals surface area contributed by atoms with Crippen molar-refractivity contribution in [2.24, 2.45) is 0 Å². The van der Waals surface area contributed by atoms with Crippen molar-refractivity contribution in [2.75, 3.05) is 32.2 Å². The van der Waals surface area contributed by atoms with Crippen molar-refractivity contribution >= 4 is 11.7 Å². The number of benzene rings is 1. The molecule has 0 bridgehead atoms. The quantitative estimate of drug-likeness (QED) is 0.533. The number of likely N-dealkylation sites (tertiary alicyclic amines) is 1. The molecule has 1 unspecified atom stereocenters. The molecule has 2 amide bonds. The van der Waals surface area contributed by atoms with Crippen molar-refractivity contribution in [1.29, 1.82) is 0 Å². The maximum atomic E-state index is 13.6. The summed E-state index contributed by atoms with van der Waals surface area (Å²) < 4.78 is 24.0. The number of hydrogen-bond donors (Lipinski definition) is 2. The van der Waals surface area contributed by atoms with E-state index >= 15 is 0 Å². The third kappa shape index (κ3) is 5.23. The van der Waals surface area contributed by atoms with Crippen LogP contribution in [0.1, 0.15) is 31.1 Å². The van der Waals surface area contributed by atoms with Gasteiger partial charge >= 0.3 is 6.03 Å². The number of nitrogens with zero attached hydrogens (tertiary/aromatic N) is 3. The van der Waals surface area contributed by atoms with Crippen molar-refractivity contribution in [3.8, 4) is 17.1 Å². The molecule has 9 heteroatoms. The average molecular weight is 439 g/mol. The lowest BCUT2D eigenvalue weighted by Gasteiger charge is -2.34. The van der Waals surface area contributed by atoms with Gasteiger partial charge in [0.05, 0.1) is 36.4 Å². The number of ether oxygens (including phenoxy) is 2. The molecule has 0 saturated carbocycles. The Morgan fingerprint density at radius 3 is 2.91 bits per heavy atom. The second-order valence-electron chi connectivity index (χ2n) is 7.55. The van der Waals surface area contributed by atoms with Crippen LogP contribution in [0, 0.1) is 5.82 Å². The molecule has 0 aliphatic carbocycles. The van der Waals surface area contributed by atoms with Gasteiger partial charge in [-0.2, -0.15) is 0 Å². The Bertz CT molecular complexity index is 1040. The van der Waals surface area contributed by atoms with Crippen LogP contribution in [0.2, 0.25) is 0 Å². The fourth-order valence-electron chi connectivity index (χ4n) is 3.73. The molecule has 4 rings (SSSR count). The van der Waals surface area contributed by atoms with Crippen molar-refractivity contribution in [1.82, 2.24) is 19.9 Å². The van der Waals surface area contributed by atoms with Gasteiger partial charge in [-0.25, -0.2) is 19.2 Å². The molecule has 1 saturated heterocycles. The Labute approximate surface area is 185 Å². The number of carbonyl (C=O) groups excluding carboxylic acids is 1. The van der Waals surface area contributed by atoms with Crippen LogP contribution in [-0.2, 0) is 4.74 Å². The van der Waals surface area contributed by atoms with Crippen LogP contribution in [0.5, 0.6) is 5.88 Å². The van der Waals surface area contributed by atoms with E-state index in [1.54, 1.807) is 42.6 Å². The number of carbonyl (C=O) groups is 1. The molecule has 0 radical (unpaired) electrons. The predicted octanol–water partition coefficient (Wildman–Crippen LogP) is 4.40. The highest BCUT2D eigenvalue weighted by molar-refractivity contribution is 5.89. The van der Waals surface area contributed by atoms with Crippen LogP contribution in [0.25, 0.3) is 11.3 Å². The molecule has 2 N–H and O–H groups in total. The molecule has 168 valence electrons. The zero-order valence-electron chi connectivity index (χ0n) is 17.9.